The molecule has 0 aliphatic heterocycles. The molecule has 0 fully saturated rings. The summed E-state index contributed by atoms with van der Waals surface area (Å²) < 4.78 is 1.72. The van der Waals surface area contributed by atoms with E-state index < -0.39 is 0 Å². The van der Waals surface area contributed by atoms with Gasteiger partial charge in [0, 0.05) is 5.70 Å². The molecule has 1 aromatic rings. The molecule has 0 saturated carbocycles. The molecule has 0 aromatic carbocycles. The zero-order valence-corrected chi connectivity index (χ0v) is 7.57. The number of allylic oxidation sites excluding steroid dienone is 2. The van der Waals surface area contributed by atoms with Gasteiger partial charge in [-0.15, -0.1) is 5.10 Å². The largest absolute Gasteiger partial charge is 0.226 e. The van der Waals surface area contributed by atoms with Crippen LogP contribution in [0.25, 0.3) is 5.70 Å². The van der Waals surface area contributed by atoms with Crippen LogP contribution < -0.4 is 0 Å². The predicted molar refractivity (Wildman–Crippen MR) is 47.0 cm³/mol. The molecule has 1 heterocycles. The molecule has 0 unspecified atom stereocenters. The Bertz CT molecular complexity index is 199. The average molecular weight is 153 g/mol. The topological polar surface area (TPSA) is 30.7 Å². The molecule has 0 radical (unpaired) electrons. The highest BCUT2D eigenvalue weighted by atomic mass is 15.4. The van der Waals surface area contributed by atoms with Crippen molar-refractivity contribution in [2.24, 2.45) is 0 Å². The minimum Gasteiger partial charge on any atom is -0.226 e. The fourth-order valence-corrected chi connectivity index (χ4v) is 0.529. The van der Waals surface area contributed by atoms with Crippen LogP contribution in [-0.2, 0) is 0 Å². The zero-order valence-electron chi connectivity index (χ0n) is 7.57. The number of rotatable bonds is 1. The van der Waals surface area contributed by atoms with E-state index in [4.69, 9.17) is 0 Å². The van der Waals surface area contributed by atoms with Gasteiger partial charge in [0.2, 0.25) is 0 Å². The minimum absolute atomic E-state index is 1.09. The molecule has 1 rings (SSSR count). The first-order valence-corrected chi connectivity index (χ1v) is 3.84. The molecule has 0 bridgehead atoms. The molecule has 0 aliphatic rings. The maximum Gasteiger partial charge on any atom is 0.0697 e. The Morgan fingerprint density at radius 3 is 2.45 bits per heavy atom. The van der Waals surface area contributed by atoms with Gasteiger partial charge in [0.25, 0.3) is 0 Å². The van der Waals surface area contributed by atoms with E-state index in [0.717, 1.165) is 5.70 Å². The van der Waals surface area contributed by atoms with E-state index in [1.165, 1.54) is 0 Å². The fraction of sp³-hybridized carbons (Fsp3) is 0.500. The van der Waals surface area contributed by atoms with E-state index in [-0.39, 0.29) is 0 Å². The summed E-state index contributed by atoms with van der Waals surface area (Å²) in [5.74, 6) is 0. The van der Waals surface area contributed by atoms with Crippen LogP contribution in [0.1, 0.15) is 27.7 Å². The number of hydrogen-bond donors (Lipinski definition) is 0. The first-order valence-electron chi connectivity index (χ1n) is 3.84. The van der Waals surface area contributed by atoms with E-state index in [1.807, 2.05) is 40.0 Å². The summed E-state index contributed by atoms with van der Waals surface area (Å²) in [5, 5.41) is 7.45. The Balaban J connectivity index is 0.000000461. The van der Waals surface area contributed by atoms with Crippen molar-refractivity contribution >= 4 is 5.70 Å². The summed E-state index contributed by atoms with van der Waals surface area (Å²) in [5.41, 5.74) is 1.09. The van der Waals surface area contributed by atoms with E-state index >= 15 is 0 Å². The molecule has 0 N–H and O–H groups in total. The highest BCUT2D eigenvalue weighted by Crippen LogP contribution is 1.96. The highest BCUT2D eigenvalue weighted by Gasteiger charge is 1.88. The second-order valence-corrected chi connectivity index (χ2v) is 1.78. The van der Waals surface area contributed by atoms with Gasteiger partial charge in [0.05, 0.1) is 12.4 Å². The van der Waals surface area contributed by atoms with Crippen molar-refractivity contribution in [1.29, 1.82) is 0 Å². The smallest absolute Gasteiger partial charge is 0.0697 e. The summed E-state index contributed by atoms with van der Waals surface area (Å²) in [6, 6.07) is 0. The van der Waals surface area contributed by atoms with Crippen LogP contribution in [0.2, 0.25) is 0 Å². The lowest BCUT2D eigenvalue weighted by atomic mass is 10.5. The Morgan fingerprint density at radius 2 is 2.09 bits per heavy atom. The normalized spacial score (nSPS) is 10.4. The molecule has 0 spiro atoms. The molecular formula is C8H15N3. The van der Waals surface area contributed by atoms with Crippen LogP contribution in [0.15, 0.2) is 18.5 Å². The SMILES string of the molecule is C/C=C(\C)n1ccnn1.CC. The van der Waals surface area contributed by atoms with Crippen LogP contribution in [0, 0.1) is 0 Å². The van der Waals surface area contributed by atoms with Crippen molar-refractivity contribution in [2.45, 2.75) is 27.7 Å². The maximum atomic E-state index is 3.79. The van der Waals surface area contributed by atoms with Crippen LogP contribution in [-0.4, -0.2) is 15.0 Å². The molecule has 1 aromatic heterocycles. The summed E-state index contributed by atoms with van der Waals surface area (Å²) >= 11 is 0. The zero-order chi connectivity index (χ0) is 8.69. The molecule has 3 nitrogen and oxygen atoms in total. The van der Waals surface area contributed by atoms with Crippen LogP contribution in [0.5, 0.6) is 0 Å². The third-order valence-electron chi connectivity index (χ3n) is 1.20. The molecular weight excluding hydrogens is 138 g/mol. The van der Waals surface area contributed by atoms with Gasteiger partial charge in [-0.3, -0.25) is 0 Å². The Labute approximate surface area is 67.7 Å². The lowest BCUT2D eigenvalue weighted by Crippen LogP contribution is -1.92. The van der Waals surface area contributed by atoms with Gasteiger partial charge in [-0.1, -0.05) is 25.1 Å². The minimum atomic E-state index is 1.09. The first-order chi connectivity index (χ1) is 5.34. The van der Waals surface area contributed by atoms with Crippen LogP contribution in [0.3, 0.4) is 0 Å². The average Bonchev–Trinajstić information content (AvgIpc) is 2.59. The predicted octanol–water partition coefficient (Wildman–Crippen LogP) is 2.18. The van der Waals surface area contributed by atoms with Crippen LogP contribution >= 0.6 is 0 Å². The molecule has 11 heavy (non-hydrogen) atoms. The summed E-state index contributed by atoms with van der Waals surface area (Å²) in [4.78, 5) is 0. The highest BCUT2D eigenvalue weighted by molar-refractivity contribution is 5.38. The van der Waals surface area contributed by atoms with Gasteiger partial charge < -0.3 is 0 Å². The third kappa shape index (κ3) is 2.98. The van der Waals surface area contributed by atoms with E-state index in [0.29, 0.717) is 0 Å². The lowest BCUT2D eigenvalue weighted by molar-refractivity contribution is 0.813. The number of aromatic nitrogens is 3. The van der Waals surface area contributed by atoms with Gasteiger partial charge in [-0.2, -0.15) is 0 Å². The first kappa shape index (κ1) is 9.88. The van der Waals surface area contributed by atoms with Crippen molar-refractivity contribution in [2.75, 3.05) is 0 Å². The van der Waals surface area contributed by atoms with E-state index in [1.54, 1.807) is 10.9 Å². The van der Waals surface area contributed by atoms with Gasteiger partial charge >= 0.3 is 0 Å². The van der Waals surface area contributed by atoms with Crippen molar-refractivity contribution in [3.05, 3.63) is 18.5 Å². The molecule has 62 valence electrons. The molecule has 0 saturated heterocycles. The summed E-state index contributed by atoms with van der Waals surface area (Å²) in [6.07, 6.45) is 5.46. The van der Waals surface area contributed by atoms with Crippen molar-refractivity contribution in [3.8, 4) is 0 Å². The fourth-order valence-electron chi connectivity index (χ4n) is 0.529. The van der Waals surface area contributed by atoms with E-state index in [9.17, 15) is 0 Å². The van der Waals surface area contributed by atoms with Crippen molar-refractivity contribution in [3.63, 3.8) is 0 Å². The lowest BCUT2D eigenvalue weighted by Gasteiger charge is -1.94. The summed E-state index contributed by atoms with van der Waals surface area (Å²) in [7, 11) is 0. The maximum absolute atomic E-state index is 3.79. The number of hydrogen-bond acceptors (Lipinski definition) is 2. The Kier molecular flexibility index (Phi) is 5.07. The molecule has 0 aliphatic carbocycles. The van der Waals surface area contributed by atoms with Gasteiger partial charge in [-0.25, -0.2) is 4.68 Å². The van der Waals surface area contributed by atoms with Crippen molar-refractivity contribution in [1.82, 2.24) is 15.0 Å². The molecule has 0 atom stereocenters. The van der Waals surface area contributed by atoms with Gasteiger partial charge in [0.15, 0.2) is 0 Å². The van der Waals surface area contributed by atoms with E-state index in [2.05, 4.69) is 10.3 Å². The standard InChI is InChI=1S/C6H9N3.C2H6/c1-3-6(2)9-5-4-7-8-9;1-2/h3-5H,1-2H3;1-2H3/b6-3+;. The number of nitrogens with zero attached hydrogens (tertiary/aromatic N) is 3. The summed E-state index contributed by atoms with van der Waals surface area (Å²) in [6.45, 7) is 7.95. The molecule has 0 amide bonds. The Morgan fingerprint density at radius 1 is 1.45 bits per heavy atom. The molecule has 3 heteroatoms. The van der Waals surface area contributed by atoms with Gasteiger partial charge in [-0.05, 0) is 13.8 Å². The second kappa shape index (κ2) is 5.65. The monoisotopic (exact) mass is 153 g/mol. The van der Waals surface area contributed by atoms with Gasteiger partial charge in [0.1, 0.15) is 0 Å². The quantitative estimate of drug-likeness (QED) is 0.619. The van der Waals surface area contributed by atoms with Crippen LogP contribution in [0.4, 0.5) is 0 Å². The van der Waals surface area contributed by atoms with Crippen molar-refractivity contribution < 1.29 is 0 Å². The Hall–Kier alpha value is -1.12. The third-order valence-corrected chi connectivity index (χ3v) is 1.20. The second-order valence-electron chi connectivity index (χ2n) is 1.78.